The summed E-state index contributed by atoms with van der Waals surface area (Å²) in [5.41, 5.74) is 1.87. The third-order valence-electron chi connectivity index (χ3n) is 3.24. The molecule has 0 aliphatic rings. The van der Waals surface area contributed by atoms with E-state index < -0.39 is 5.82 Å². The summed E-state index contributed by atoms with van der Waals surface area (Å²) < 4.78 is 14.6. The predicted molar refractivity (Wildman–Crippen MR) is 90.7 cm³/mol. The summed E-state index contributed by atoms with van der Waals surface area (Å²) in [7, 11) is 0. The van der Waals surface area contributed by atoms with Crippen LogP contribution in [0.5, 0.6) is 0 Å². The lowest BCUT2D eigenvalue weighted by Crippen LogP contribution is -2.23. The van der Waals surface area contributed by atoms with E-state index in [1.165, 1.54) is 6.07 Å². The van der Waals surface area contributed by atoms with Gasteiger partial charge in [-0.15, -0.1) is 0 Å². The summed E-state index contributed by atoms with van der Waals surface area (Å²) in [6.07, 6.45) is 0.682. The van der Waals surface area contributed by atoms with Gasteiger partial charge in [-0.25, -0.2) is 4.39 Å². The Kier molecular flexibility index (Phi) is 6.06. The average molecular weight is 391 g/mol. The van der Waals surface area contributed by atoms with E-state index in [0.29, 0.717) is 11.4 Å². The van der Waals surface area contributed by atoms with Gasteiger partial charge in [-0.05, 0) is 48.4 Å². The third-order valence-corrected chi connectivity index (χ3v) is 4.39. The molecular formula is C16H15BrCl2FN. The Balaban J connectivity index is 2.28. The van der Waals surface area contributed by atoms with Crippen LogP contribution in [0.2, 0.25) is 10.0 Å². The van der Waals surface area contributed by atoms with Crippen molar-refractivity contribution in [3.05, 3.63) is 67.9 Å². The molecule has 21 heavy (non-hydrogen) atoms. The van der Waals surface area contributed by atoms with Gasteiger partial charge in [0.25, 0.3) is 0 Å². The first kappa shape index (κ1) is 16.8. The van der Waals surface area contributed by atoms with Crippen molar-refractivity contribution in [3.63, 3.8) is 0 Å². The number of hydrogen-bond acceptors (Lipinski definition) is 1. The van der Waals surface area contributed by atoms with Gasteiger partial charge in [0.15, 0.2) is 0 Å². The molecule has 0 spiro atoms. The van der Waals surface area contributed by atoms with Crippen LogP contribution in [0.15, 0.2) is 40.9 Å². The van der Waals surface area contributed by atoms with E-state index in [0.717, 1.165) is 22.1 Å². The average Bonchev–Trinajstić information content (AvgIpc) is 2.44. The van der Waals surface area contributed by atoms with Crippen LogP contribution in [-0.2, 0) is 6.42 Å². The maximum Gasteiger partial charge on any atom is 0.142 e. The molecule has 0 saturated carbocycles. The highest BCUT2D eigenvalue weighted by atomic mass is 79.9. The van der Waals surface area contributed by atoms with Crippen molar-refractivity contribution in [2.24, 2.45) is 0 Å². The van der Waals surface area contributed by atoms with Gasteiger partial charge in [0.1, 0.15) is 5.82 Å². The molecule has 1 atom stereocenters. The Bertz CT molecular complexity index is 634. The maximum atomic E-state index is 13.7. The topological polar surface area (TPSA) is 12.0 Å². The Morgan fingerprint density at radius 3 is 2.52 bits per heavy atom. The molecule has 0 bridgehead atoms. The van der Waals surface area contributed by atoms with E-state index in [2.05, 4.69) is 21.2 Å². The lowest BCUT2D eigenvalue weighted by atomic mass is 9.98. The summed E-state index contributed by atoms with van der Waals surface area (Å²) >= 11 is 15.4. The van der Waals surface area contributed by atoms with Gasteiger partial charge >= 0.3 is 0 Å². The molecule has 1 N–H and O–H groups in total. The Hall–Kier alpha value is -0.610. The molecule has 1 unspecified atom stereocenters. The van der Waals surface area contributed by atoms with E-state index in [4.69, 9.17) is 23.2 Å². The maximum absolute atomic E-state index is 13.7. The van der Waals surface area contributed by atoms with E-state index >= 15 is 0 Å². The fourth-order valence-electron chi connectivity index (χ4n) is 2.19. The molecule has 0 radical (unpaired) electrons. The monoisotopic (exact) mass is 389 g/mol. The van der Waals surface area contributed by atoms with Crippen LogP contribution in [0.25, 0.3) is 0 Å². The molecule has 1 nitrogen and oxygen atoms in total. The summed E-state index contributed by atoms with van der Waals surface area (Å²) in [6, 6.07) is 10.7. The Labute approximate surface area is 142 Å². The van der Waals surface area contributed by atoms with Crippen LogP contribution < -0.4 is 5.32 Å². The van der Waals surface area contributed by atoms with Gasteiger partial charge in [0.2, 0.25) is 0 Å². The number of halogens is 4. The van der Waals surface area contributed by atoms with Gasteiger partial charge in [0.05, 0.1) is 5.02 Å². The smallest absolute Gasteiger partial charge is 0.142 e. The molecule has 2 aromatic rings. The number of nitrogens with one attached hydrogen (secondary N) is 1. The van der Waals surface area contributed by atoms with Gasteiger partial charge in [-0.2, -0.15) is 0 Å². The summed E-state index contributed by atoms with van der Waals surface area (Å²) in [6.45, 7) is 2.80. The van der Waals surface area contributed by atoms with Crippen molar-refractivity contribution in [2.75, 3.05) is 6.54 Å². The van der Waals surface area contributed by atoms with Crippen LogP contribution >= 0.6 is 39.1 Å². The van der Waals surface area contributed by atoms with Crippen molar-refractivity contribution >= 4 is 39.1 Å². The molecule has 0 amide bonds. The van der Waals surface area contributed by atoms with Crippen LogP contribution in [0.3, 0.4) is 0 Å². The third kappa shape index (κ3) is 4.43. The fourth-order valence-corrected chi connectivity index (χ4v) is 3.06. The molecule has 0 heterocycles. The molecule has 5 heteroatoms. The Morgan fingerprint density at radius 1 is 1.14 bits per heavy atom. The van der Waals surface area contributed by atoms with E-state index in [-0.39, 0.29) is 11.1 Å². The number of benzene rings is 2. The van der Waals surface area contributed by atoms with Crippen LogP contribution in [0.4, 0.5) is 4.39 Å². The normalized spacial score (nSPS) is 12.4. The second-order valence-corrected chi connectivity index (χ2v) is 6.45. The highest BCUT2D eigenvalue weighted by molar-refractivity contribution is 9.10. The fraction of sp³-hybridized carbons (Fsp3) is 0.250. The SMILES string of the molecule is CCNC(Cc1ccc(Br)cc1Cl)c1ccc(Cl)c(F)c1. The highest BCUT2D eigenvalue weighted by Gasteiger charge is 2.15. The van der Waals surface area contributed by atoms with Crippen molar-refractivity contribution < 1.29 is 4.39 Å². The lowest BCUT2D eigenvalue weighted by Gasteiger charge is -2.19. The van der Waals surface area contributed by atoms with E-state index in [1.54, 1.807) is 6.07 Å². The van der Waals surface area contributed by atoms with Crippen molar-refractivity contribution in [2.45, 2.75) is 19.4 Å². The summed E-state index contributed by atoms with van der Waals surface area (Å²) in [5, 5.41) is 4.19. The summed E-state index contributed by atoms with van der Waals surface area (Å²) in [4.78, 5) is 0. The standard InChI is InChI=1S/C16H15BrCl2FN/c1-2-21-16(11-4-6-13(18)15(20)7-11)8-10-3-5-12(17)9-14(10)19/h3-7,9,16,21H,2,8H2,1H3. The lowest BCUT2D eigenvalue weighted by molar-refractivity contribution is 0.543. The van der Waals surface area contributed by atoms with Gasteiger partial charge in [-0.1, -0.05) is 58.2 Å². The van der Waals surface area contributed by atoms with Crippen molar-refractivity contribution in [3.8, 4) is 0 Å². The molecule has 0 fully saturated rings. The molecular weight excluding hydrogens is 376 g/mol. The molecule has 0 saturated heterocycles. The second kappa shape index (κ2) is 7.59. The van der Waals surface area contributed by atoms with Crippen molar-refractivity contribution in [1.82, 2.24) is 5.32 Å². The number of likely N-dealkylation sites (N-methyl/N-ethyl adjacent to an activating group) is 1. The highest BCUT2D eigenvalue weighted by Crippen LogP contribution is 2.27. The van der Waals surface area contributed by atoms with Crippen LogP contribution in [0.1, 0.15) is 24.1 Å². The molecule has 112 valence electrons. The second-order valence-electron chi connectivity index (χ2n) is 4.72. The zero-order valence-corrected chi connectivity index (χ0v) is 14.6. The molecule has 0 aliphatic carbocycles. The van der Waals surface area contributed by atoms with Gasteiger partial charge in [0, 0.05) is 15.5 Å². The predicted octanol–water partition coefficient (Wildman–Crippen LogP) is 5.79. The molecule has 2 rings (SSSR count). The first-order chi connectivity index (χ1) is 10.0. The van der Waals surface area contributed by atoms with Gasteiger partial charge < -0.3 is 5.32 Å². The number of rotatable bonds is 5. The minimum atomic E-state index is -0.404. The van der Waals surface area contributed by atoms with Crippen LogP contribution in [0, 0.1) is 5.82 Å². The summed E-state index contributed by atoms with van der Waals surface area (Å²) in [5.74, 6) is -0.404. The van der Waals surface area contributed by atoms with Gasteiger partial charge in [-0.3, -0.25) is 0 Å². The molecule has 0 aliphatic heterocycles. The minimum Gasteiger partial charge on any atom is -0.310 e. The molecule has 0 aromatic heterocycles. The largest absolute Gasteiger partial charge is 0.310 e. The first-order valence-electron chi connectivity index (χ1n) is 6.63. The van der Waals surface area contributed by atoms with Crippen LogP contribution in [-0.4, -0.2) is 6.54 Å². The van der Waals surface area contributed by atoms with E-state index in [1.807, 2.05) is 31.2 Å². The zero-order chi connectivity index (χ0) is 15.4. The van der Waals surface area contributed by atoms with Crippen molar-refractivity contribution in [1.29, 1.82) is 0 Å². The number of hydrogen-bond donors (Lipinski definition) is 1. The zero-order valence-electron chi connectivity index (χ0n) is 11.5. The quantitative estimate of drug-likeness (QED) is 0.681. The molecule has 2 aromatic carbocycles. The minimum absolute atomic E-state index is 0.0135. The first-order valence-corrected chi connectivity index (χ1v) is 8.18. The van der Waals surface area contributed by atoms with E-state index in [9.17, 15) is 4.39 Å². The Morgan fingerprint density at radius 2 is 1.90 bits per heavy atom.